The van der Waals surface area contributed by atoms with Crippen molar-refractivity contribution in [1.29, 1.82) is 0 Å². The van der Waals surface area contributed by atoms with Crippen molar-refractivity contribution < 1.29 is 18.0 Å². The summed E-state index contributed by atoms with van der Waals surface area (Å²) in [5, 5.41) is 0. The van der Waals surface area contributed by atoms with E-state index in [-0.39, 0.29) is 6.10 Å². The molecule has 0 aliphatic carbocycles. The Hall–Kier alpha value is -1.08. The lowest BCUT2D eigenvalue weighted by Crippen LogP contribution is -2.31. The summed E-state index contributed by atoms with van der Waals surface area (Å²) in [6, 6.07) is 7.34. The van der Waals surface area contributed by atoms with E-state index >= 15 is 0 Å². The van der Waals surface area contributed by atoms with Crippen LogP contribution in [0.25, 0.3) is 0 Å². The normalized spacial score (nSPS) is 12.7. The summed E-state index contributed by atoms with van der Waals surface area (Å²) in [6.07, 6.45) is 0.786. The van der Waals surface area contributed by atoms with Crippen molar-refractivity contribution in [1.82, 2.24) is 0 Å². The van der Waals surface area contributed by atoms with Crippen molar-refractivity contribution in [3.05, 3.63) is 24.3 Å². The third-order valence-corrected chi connectivity index (χ3v) is 3.41. The van der Waals surface area contributed by atoms with E-state index in [0.29, 0.717) is 12.3 Å². The fourth-order valence-electron chi connectivity index (χ4n) is 1.38. The molecule has 0 spiro atoms. The van der Waals surface area contributed by atoms with Crippen molar-refractivity contribution in [2.75, 3.05) is 26.6 Å². The third kappa shape index (κ3) is 5.05. The largest absolute Gasteiger partial charge is 0.577 e. The van der Waals surface area contributed by atoms with Crippen LogP contribution in [0.2, 0.25) is 0 Å². The second-order valence-electron chi connectivity index (χ2n) is 3.69. The standard InChI is InChI=1S/C12H20NO4Si/c1-4-11(9-16-18(14-2)15-3)17-12-7-5-6-10(13)8-12/h5-8,11H,4,9,13H2,1-3H3. The highest BCUT2D eigenvalue weighted by molar-refractivity contribution is 6.36. The fraction of sp³-hybridized carbons (Fsp3) is 0.500. The Morgan fingerprint density at radius 3 is 2.56 bits per heavy atom. The fourth-order valence-corrected chi connectivity index (χ4v) is 2.10. The monoisotopic (exact) mass is 270 g/mol. The Morgan fingerprint density at radius 1 is 1.28 bits per heavy atom. The van der Waals surface area contributed by atoms with Gasteiger partial charge in [-0.1, -0.05) is 13.0 Å². The number of hydrogen-bond donors (Lipinski definition) is 1. The first-order valence-corrected chi connectivity index (χ1v) is 7.02. The Kier molecular flexibility index (Phi) is 6.74. The van der Waals surface area contributed by atoms with Crippen LogP contribution in [0.15, 0.2) is 24.3 Å². The first-order valence-electron chi connectivity index (χ1n) is 5.79. The average molecular weight is 270 g/mol. The van der Waals surface area contributed by atoms with E-state index in [4.69, 9.17) is 23.7 Å². The molecule has 1 rings (SSSR count). The maximum absolute atomic E-state index is 5.78. The summed E-state index contributed by atoms with van der Waals surface area (Å²) in [7, 11) is 1.50. The van der Waals surface area contributed by atoms with Crippen LogP contribution in [0.1, 0.15) is 13.3 Å². The number of rotatable bonds is 8. The number of nitrogen functional groups attached to an aromatic ring is 1. The second kappa shape index (κ2) is 8.10. The minimum Gasteiger partial charge on any atom is -0.488 e. The van der Waals surface area contributed by atoms with E-state index < -0.39 is 9.53 Å². The van der Waals surface area contributed by atoms with Crippen molar-refractivity contribution in [2.24, 2.45) is 0 Å². The molecule has 1 atom stereocenters. The van der Waals surface area contributed by atoms with E-state index in [1.165, 1.54) is 0 Å². The maximum atomic E-state index is 5.78. The van der Waals surface area contributed by atoms with Crippen LogP contribution in [-0.4, -0.2) is 36.5 Å². The highest BCUT2D eigenvalue weighted by atomic mass is 28.3. The number of nitrogens with two attached hydrogens (primary N) is 1. The van der Waals surface area contributed by atoms with Gasteiger partial charge in [-0.25, -0.2) is 0 Å². The summed E-state index contributed by atoms with van der Waals surface area (Å²) in [5.41, 5.74) is 6.38. The predicted molar refractivity (Wildman–Crippen MR) is 71.3 cm³/mol. The molecular weight excluding hydrogens is 250 g/mol. The molecule has 5 nitrogen and oxygen atoms in total. The van der Waals surface area contributed by atoms with Gasteiger partial charge in [0.2, 0.25) is 0 Å². The molecule has 2 N–H and O–H groups in total. The molecular formula is C12H20NO4Si. The zero-order chi connectivity index (χ0) is 13.4. The molecule has 0 saturated carbocycles. The Labute approximate surface area is 110 Å². The van der Waals surface area contributed by atoms with Crippen molar-refractivity contribution >= 4 is 15.2 Å². The summed E-state index contributed by atoms with van der Waals surface area (Å²) < 4.78 is 21.4. The zero-order valence-corrected chi connectivity index (χ0v) is 12.0. The van der Waals surface area contributed by atoms with Gasteiger partial charge >= 0.3 is 9.53 Å². The number of benzene rings is 1. The average Bonchev–Trinajstić information content (AvgIpc) is 2.38. The minimum absolute atomic E-state index is 0.0444. The van der Waals surface area contributed by atoms with E-state index in [1.807, 2.05) is 25.1 Å². The lowest BCUT2D eigenvalue weighted by atomic mass is 10.2. The van der Waals surface area contributed by atoms with Gasteiger partial charge in [0.15, 0.2) is 0 Å². The highest BCUT2D eigenvalue weighted by Gasteiger charge is 2.18. The van der Waals surface area contributed by atoms with Gasteiger partial charge in [-0.05, 0) is 18.6 Å². The molecule has 6 heteroatoms. The molecule has 0 amide bonds. The molecule has 1 unspecified atom stereocenters. The van der Waals surface area contributed by atoms with Crippen molar-refractivity contribution in [3.63, 3.8) is 0 Å². The van der Waals surface area contributed by atoms with Crippen LogP contribution in [0.4, 0.5) is 5.69 Å². The summed E-state index contributed by atoms with van der Waals surface area (Å²) >= 11 is 0. The Morgan fingerprint density at radius 2 is 2.00 bits per heavy atom. The Balaban J connectivity index is 2.46. The predicted octanol–water partition coefficient (Wildman–Crippen LogP) is 1.72. The SMILES string of the molecule is CCC(CO[Si](OC)OC)Oc1cccc(N)c1. The van der Waals surface area contributed by atoms with Crippen LogP contribution in [0.5, 0.6) is 5.75 Å². The molecule has 0 aromatic heterocycles. The molecule has 0 aliphatic rings. The van der Waals surface area contributed by atoms with Gasteiger partial charge in [-0.3, -0.25) is 0 Å². The lowest BCUT2D eigenvalue weighted by Gasteiger charge is -2.19. The van der Waals surface area contributed by atoms with E-state index in [0.717, 1.165) is 12.2 Å². The van der Waals surface area contributed by atoms with Gasteiger partial charge in [0.1, 0.15) is 11.9 Å². The molecule has 18 heavy (non-hydrogen) atoms. The molecule has 1 aromatic rings. The van der Waals surface area contributed by atoms with Gasteiger partial charge in [0.05, 0.1) is 6.61 Å². The smallest absolute Gasteiger partial charge is 0.488 e. The van der Waals surface area contributed by atoms with E-state index in [1.54, 1.807) is 20.3 Å². The first kappa shape index (κ1) is 15.0. The Bertz CT molecular complexity index is 347. The van der Waals surface area contributed by atoms with Crippen LogP contribution >= 0.6 is 0 Å². The molecule has 0 aliphatic heterocycles. The second-order valence-corrected chi connectivity index (χ2v) is 5.30. The molecule has 0 heterocycles. The van der Waals surface area contributed by atoms with Crippen LogP contribution < -0.4 is 10.5 Å². The number of hydrogen-bond acceptors (Lipinski definition) is 5. The summed E-state index contributed by atoms with van der Waals surface area (Å²) in [5.74, 6) is 0.744. The maximum Gasteiger partial charge on any atom is 0.577 e. The van der Waals surface area contributed by atoms with Crippen molar-refractivity contribution in [3.8, 4) is 5.75 Å². The van der Waals surface area contributed by atoms with Crippen LogP contribution in [0.3, 0.4) is 0 Å². The van der Waals surface area contributed by atoms with E-state index in [9.17, 15) is 0 Å². The third-order valence-electron chi connectivity index (χ3n) is 2.34. The molecule has 1 radical (unpaired) electrons. The van der Waals surface area contributed by atoms with Crippen LogP contribution in [0, 0.1) is 0 Å². The molecule has 0 saturated heterocycles. The van der Waals surface area contributed by atoms with Crippen molar-refractivity contribution in [2.45, 2.75) is 19.4 Å². The molecule has 101 valence electrons. The number of ether oxygens (including phenoxy) is 1. The van der Waals surface area contributed by atoms with Gasteiger partial charge in [0, 0.05) is 26.0 Å². The van der Waals surface area contributed by atoms with Crippen LogP contribution in [-0.2, 0) is 13.3 Å². The lowest BCUT2D eigenvalue weighted by molar-refractivity contribution is 0.0727. The first-order chi connectivity index (χ1) is 8.69. The summed E-state index contributed by atoms with van der Waals surface area (Å²) in [4.78, 5) is 0. The van der Waals surface area contributed by atoms with Gasteiger partial charge in [-0.2, -0.15) is 0 Å². The summed E-state index contributed by atoms with van der Waals surface area (Å²) in [6.45, 7) is 2.47. The van der Waals surface area contributed by atoms with Gasteiger partial charge in [0.25, 0.3) is 0 Å². The zero-order valence-electron chi connectivity index (χ0n) is 11.0. The molecule has 1 aromatic carbocycles. The topological polar surface area (TPSA) is 62.9 Å². The molecule has 0 bridgehead atoms. The number of anilines is 1. The van der Waals surface area contributed by atoms with E-state index in [2.05, 4.69) is 0 Å². The highest BCUT2D eigenvalue weighted by Crippen LogP contribution is 2.17. The van der Waals surface area contributed by atoms with Gasteiger partial charge < -0.3 is 23.7 Å². The molecule has 0 fully saturated rings. The van der Waals surface area contributed by atoms with Gasteiger partial charge in [-0.15, -0.1) is 0 Å². The minimum atomic E-state index is -1.63. The quantitative estimate of drug-likeness (QED) is 0.575.